The van der Waals surface area contributed by atoms with Gasteiger partial charge in [-0.05, 0) is 52.8 Å². The summed E-state index contributed by atoms with van der Waals surface area (Å²) in [6.07, 6.45) is 0. The Morgan fingerprint density at radius 2 is 1.05 bits per heavy atom. The van der Waals surface area contributed by atoms with Crippen LogP contribution in [0.3, 0.4) is 0 Å². The van der Waals surface area contributed by atoms with Crippen molar-refractivity contribution >= 4 is 34.6 Å². The molecule has 0 amide bonds. The minimum absolute atomic E-state index is 0.832. The summed E-state index contributed by atoms with van der Waals surface area (Å²) in [7, 11) is 0. The molecule has 0 saturated carbocycles. The quantitative estimate of drug-likeness (QED) is 0.701. The standard InChI is InChI=1S/C12H12N4S3/c1-4-17-13-10(1)7-16(8-11-2-5-18-14-11)9-12-3-6-19-15-12/h1-6H,7-9H2. The average Bonchev–Trinajstić information content (AvgIpc) is 3.10. The third kappa shape index (κ3) is 3.66. The lowest BCUT2D eigenvalue weighted by atomic mass is 10.3. The maximum atomic E-state index is 4.38. The summed E-state index contributed by atoms with van der Waals surface area (Å²) in [6.45, 7) is 2.50. The minimum atomic E-state index is 0.832. The van der Waals surface area contributed by atoms with Crippen LogP contribution in [0, 0.1) is 0 Å². The first-order valence-electron chi connectivity index (χ1n) is 5.80. The molecule has 0 saturated heterocycles. The summed E-state index contributed by atoms with van der Waals surface area (Å²) >= 11 is 4.48. The first kappa shape index (κ1) is 12.9. The molecule has 0 atom stereocenters. The van der Waals surface area contributed by atoms with Gasteiger partial charge in [-0.15, -0.1) is 0 Å². The van der Waals surface area contributed by atoms with Gasteiger partial charge in [-0.2, -0.15) is 13.1 Å². The minimum Gasteiger partial charge on any atom is -0.286 e. The van der Waals surface area contributed by atoms with E-state index in [-0.39, 0.29) is 0 Å². The van der Waals surface area contributed by atoms with Gasteiger partial charge in [-0.3, -0.25) is 4.90 Å². The normalized spacial score (nSPS) is 11.2. The van der Waals surface area contributed by atoms with E-state index in [4.69, 9.17) is 0 Å². The van der Waals surface area contributed by atoms with Crippen molar-refractivity contribution in [3.8, 4) is 0 Å². The van der Waals surface area contributed by atoms with Crippen LogP contribution in [0.15, 0.2) is 34.3 Å². The van der Waals surface area contributed by atoms with Crippen molar-refractivity contribution < 1.29 is 0 Å². The van der Waals surface area contributed by atoms with Crippen LogP contribution in [0.1, 0.15) is 17.1 Å². The van der Waals surface area contributed by atoms with Crippen molar-refractivity contribution in [3.05, 3.63) is 51.4 Å². The van der Waals surface area contributed by atoms with E-state index in [0.29, 0.717) is 0 Å². The van der Waals surface area contributed by atoms with Crippen molar-refractivity contribution in [2.45, 2.75) is 19.6 Å². The van der Waals surface area contributed by atoms with E-state index in [1.807, 2.05) is 16.1 Å². The molecule has 7 heteroatoms. The maximum absolute atomic E-state index is 4.38. The predicted octanol–water partition coefficient (Wildman–Crippen LogP) is 3.26. The van der Waals surface area contributed by atoms with Gasteiger partial charge in [0.2, 0.25) is 0 Å². The lowest BCUT2D eigenvalue weighted by molar-refractivity contribution is 0.241. The van der Waals surface area contributed by atoms with E-state index in [1.54, 1.807) is 0 Å². The fraction of sp³-hybridized carbons (Fsp3) is 0.250. The number of hydrogen-bond acceptors (Lipinski definition) is 7. The zero-order valence-electron chi connectivity index (χ0n) is 10.1. The molecule has 3 aromatic heterocycles. The van der Waals surface area contributed by atoms with Crippen LogP contribution in [-0.4, -0.2) is 18.0 Å². The second-order valence-corrected chi connectivity index (χ2v) is 6.11. The summed E-state index contributed by atoms with van der Waals surface area (Å²) in [5, 5.41) is 6.04. The van der Waals surface area contributed by atoms with Crippen LogP contribution in [0.5, 0.6) is 0 Å². The second-order valence-electron chi connectivity index (χ2n) is 4.12. The van der Waals surface area contributed by atoms with Crippen molar-refractivity contribution in [3.63, 3.8) is 0 Å². The Balaban J connectivity index is 1.70. The summed E-state index contributed by atoms with van der Waals surface area (Å²) in [4.78, 5) is 2.32. The average molecular weight is 308 g/mol. The molecular formula is C12H12N4S3. The molecule has 3 aromatic rings. The van der Waals surface area contributed by atoms with Gasteiger partial charge < -0.3 is 0 Å². The van der Waals surface area contributed by atoms with Gasteiger partial charge in [-0.1, -0.05) is 0 Å². The Labute approximate surface area is 123 Å². The Morgan fingerprint density at radius 3 is 1.32 bits per heavy atom. The third-order valence-corrected chi connectivity index (χ3v) is 4.42. The van der Waals surface area contributed by atoms with Crippen molar-refractivity contribution in [1.29, 1.82) is 0 Å². The Kier molecular flexibility index (Phi) is 4.29. The van der Waals surface area contributed by atoms with E-state index in [2.05, 4.69) is 36.2 Å². The number of nitrogens with zero attached hydrogens (tertiary/aromatic N) is 4. The summed E-state index contributed by atoms with van der Waals surface area (Å²) in [5.41, 5.74) is 3.32. The SMILES string of the molecule is c1cc(CN(Cc2ccsn2)Cc2ccsn2)ns1. The van der Waals surface area contributed by atoms with Crippen LogP contribution >= 0.6 is 34.6 Å². The lowest BCUT2D eigenvalue weighted by Crippen LogP contribution is -2.22. The van der Waals surface area contributed by atoms with Gasteiger partial charge in [0.05, 0.1) is 17.1 Å². The molecule has 0 N–H and O–H groups in total. The summed E-state index contributed by atoms with van der Waals surface area (Å²) in [5.74, 6) is 0. The summed E-state index contributed by atoms with van der Waals surface area (Å²) in [6, 6.07) is 6.21. The van der Waals surface area contributed by atoms with E-state index in [1.165, 1.54) is 34.6 Å². The van der Waals surface area contributed by atoms with E-state index >= 15 is 0 Å². The fourth-order valence-corrected chi connectivity index (χ4v) is 3.41. The monoisotopic (exact) mass is 308 g/mol. The topological polar surface area (TPSA) is 41.9 Å². The van der Waals surface area contributed by atoms with Gasteiger partial charge in [-0.25, -0.2) is 0 Å². The van der Waals surface area contributed by atoms with E-state index < -0.39 is 0 Å². The highest BCUT2D eigenvalue weighted by molar-refractivity contribution is 7.04. The molecule has 3 rings (SSSR count). The molecule has 98 valence electrons. The Hall–Kier alpha value is -1.15. The molecule has 0 bridgehead atoms. The molecule has 0 aromatic carbocycles. The van der Waals surface area contributed by atoms with E-state index in [9.17, 15) is 0 Å². The number of aromatic nitrogens is 3. The molecule has 3 heterocycles. The highest BCUT2D eigenvalue weighted by Crippen LogP contribution is 2.13. The third-order valence-electron chi connectivity index (χ3n) is 2.63. The summed E-state index contributed by atoms with van der Waals surface area (Å²) < 4.78 is 13.1. The first-order valence-corrected chi connectivity index (χ1v) is 8.31. The zero-order valence-corrected chi connectivity index (χ0v) is 12.5. The maximum Gasteiger partial charge on any atom is 0.0682 e. The van der Waals surface area contributed by atoms with Crippen LogP contribution in [0.2, 0.25) is 0 Å². The fourth-order valence-electron chi connectivity index (χ4n) is 1.81. The van der Waals surface area contributed by atoms with Crippen LogP contribution < -0.4 is 0 Å². The molecule has 0 unspecified atom stereocenters. The highest BCUT2D eigenvalue weighted by Gasteiger charge is 2.11. The first-order chi connectivity index (χ1) is 9.40. The number of rotatable bonds is 6. The van der Waals surface area contributed by atoms with Gasteiger partial charge in [0.15, 0.2) is 0 Å². The zero-order chi connectivity index (χ0) is 12.9. The molecular weight excluding hydrogens is 296 g/mol. The van der Waals surface area contributed by atoms with Gasteiger partial charge in [0.25, 0.3) is 0 Å². The van der Waals surface area contributed by atoms with Gasteiger partial charge in [0, 0.05) is 35.8 Å². The van der Waals surface area contributed by atoms with Gasteiger partial charge >= 0.3 is 0 Å². The number of hydrogen-bond donors (Lipinski definition) is 0. The Morgan fingerprint density at radius 1 is 0.684 bits per heavy atom. The predicted molar refractivity (Wildman–Crippen MR) is 79.3 cm³/mol. The lowest BCUT2D eigenvalue weighted by Gasteiger charge is -2.19. The molecule has 0 aliphatic carbocycles. The molecule has 0 aliphatic heterocycles. The van der Waals surface area contributed by atoms with Crippen LogP contribution in [0.25, 0.3) is 0 Å². The molecule has 0 spiro atoms. The molecule has 0 fully saturated rings. The van der Waals surface area contributed by atoms with E-state index in [0.717, 1.165) is 36.7 Å². The Bertz CT molecular complexity index is 488. The van der Waals surface area contributed by atoms with Gasteiger partial charge in [0.1, 0.15) is 0 Å². The smallest absolute Gasteiger partial charge is 0.0682 e. The van der Waals surface area contributed by atoms with Crippen molar-refractivity contribution in [2.75, 3.05) is 0 Å². The molecule has 0 aliphatic rings. The second kappa shape index (κ2) is 6.33. The van der Waals surface area contributed by atoms with Crippen molar-refractivity contribution in [2.24, 2.45) is 0 Å². The highest BCUT2D eigenvalue weighted by atomic mass is 32.1. The van der Waals surface area contributed by atoms with Crippen LogP contribution in [-0.2, 0) is 19.6 Å². The van der Waals surface area contributed by atoms with Crippen molar-refractivity contribution in [1.82, 2.24) is 18.0 Å². The van der Waals surface area contributed by atoms with Crippen LogP contribution in [0.4, 0.5) is 0 Å². The molecule has 0 radical (unpaired) electrons. The molecule has 4 nitrogen and oxygen atoms in total. The molecule has 19 heavy (non-hydrogen) atoms. The largest absolute Gasteiger partial charge is 0.286 e.